The summed E-state index contributed by atoms with van der Waals surface area (Å²) in [5, 5.41) is 0.917. The summed E-state index contributed by atoms with van der Waals surface area (Å²) >= 11 is 1.37. The third-order valence-electron chi connectivity index (χ3n) is 4.28. The first kappa shape index (κ1) is 15.8. The van der Waals surface area contributed by atoms with Gasteiger partial charge in [0.15, 0.2) is 0 Å². The fourth-order valence-electron chi connectivity index (χ4n) is 2.87. The lowest BCUT2D eigenvalue weighted by Crippen LogP contribution is -2.20. The average Bonchev–Trinajstić information content (AvgIpc) is 2.97. The second-order valence-corrected chi connectivity index (χ2v) is 7.14. The van der Waals surface area contributed by atoms with E-state index in [-0.39, 0.29) is 5.56 Å². The highest BCUT2D eigenvalue weighted by Gasteiger charge is 2.16. The van der Waals surface area contributed by atoms with Gasteiger partial charge in [0, 0.05) is 26.0 Å². The molecule has 0 spiro atoms. The number of benzene rings is 1. The van der Waals surface area contributed by atoms with E-state index in [1.165, 1.54) is 15.9 Å². The average molecular weight is 346 g/mol. The van der Waals surface area contributed by atoms with Crippen LogP contribution in [0.15, 0.2) is 41.6 Å². The van der Waals surface area contributed by atoms with Gasteiger partial charge in [-0.15, -0.1) is 11.3 Å². The molecule has 0 aliphatic heterocycles. The van der Waals surface area contributed by atoms with E-state index in [2.05, 4.69) is 9.97 Å². The van der Waals surface area contributed by atoms with E-state index < -0.39 is 0 Å². The van der Waals surface area contributed by atoms with Gasteiger partial charge in [-0.25, -0.2) is 9.97 Å². The summed E-state index contributed by atoms with van der Waals surface area (Å²) in [5.74, 6) is 0. The Bertz CT molecular complexity index is 1180. The van der Waals surface area contributed by atoms with Crippen molar-refractivity contribution in [2.45, 2.75) is 6.92 Å². The van der Waals surface area contributed by atoms with Crippen LogP contribution in [-0.2, 0) is 0 Å². The van der Waals surface area contributed by atoms with Crippen LogP contribution >= 0.6 is 11.3 Å². The third-order valence-corrected chi connectivity index (χ3v) is 5.36. The Morgan fingerprint density at radius 3 is 2.72 bits per heavy atom. The molecule has 0 bridgehead atoms. The van der Waals surface area contributed by atoms with E-state index >= 15 is 0 Å². The van der Waals surface area contributed by atoms with Crippen LogP contribution < -0.4 is 15.9 Å². The molecule has 0 saturated heterocycles. The van der Waals surface area contributed by atoms with Gasteiger partial charge in [-0.2, -0.15) is 0 Å². The molecule has 7 heteroatoms. The molecule has 1 aromatic carbocycles. The number of hydrogen-bond acceptors (Lipinski definition) is 5. The molecule has 3 heterocycles. The number of aromatic nitrogens is 3. The van der Waals surface area contributed by atoms with Crippen molar-refractivity contribution in [3.05, 3.63) is 52.7 Å². The van der Waals surface area contributed by atoms with Crippen molar-refractivity contribution >= 4 is 50.8 Å². The first-order valence-corrected chi connectivity index (χ1v) is 8.61. The molecule has 0 saturated carbocycles. The maximum atomic E-state index is 13.0. The zero-order valence-electron chi connectivity index (χ0n) is 14.1. The summed E-state index contributed by atoms with van der Waals surface area (Å²) in [6, 6.07) is 7.50. The Hall–Kier alpha value is -2.67. The molecule has 25 heavy (non-hydrogen) atoms. The molecule has 0 atom stereocenters. The summed E-state index contributed by atoms with van der Waals surface area (Å²) in [5.41, 5.74) is 3.92. The van der Waals surface area contributed by atoms with Crippen LogP contribution in [-0.4, -0.2) is 36.5 Å². The van der Waals surface area contributed by atoms with Gasteiger partial charge in [0.05, 0.1) is 16.6 Å². The topological polar surface area (TPSA) is 51.0 Å². The minimum absolute atomic E-state index is 0.110. The Labute approximate surface area is 150 Å². The molecule has 0 unspecified atom stereocenters. The molecule has 4 rings (SSSR count). The highest BCUT2D eigenvalue weighted by molar-refractivity contribution is 7.25. The molecular weight excluding hydrogens is 331 g/mol. The van der Waals surface area contributed by atoms with Crippen LogP contribution in [0.5, 0.6) is 0 Å². The molecule has 4 aromatic rings. The second-order valence-electron chi connectivity index (χ2n) is 6.15. The van der Waals surface area contributed by atoms with Gasteiger partial charge in [0.2, 0.25) is 0 Å². The summed E-state index contributed by atoms with van der Waals surface area (Å²) in [4.78, 5) is 24.8. The molecule has 0 fully saturated rings. The summed E-state index contributed by atoms with van der Waals surface area (Å²) in [6.45, 7) is 1.93. The number of thiophene rings is 1. The highest BCUT2D eigenvalue weighted by atomic mass is 32.1. The van der Waals surface area contributed by atoms with Crippen LogP contribution in [0, 0.1) is 6.92 Å². The summed E-state index contributed by atoms with van der Waals surface area (Å²) < 4.78 is 2.13. The van der Waals surface area contributed by atoms with E-state index in [1.54, 1.807) is 18.6 Å². The molecule has 3 aromatic heterocycles. The first-order valence-electron chi connectivity index (χ1n) is 7.80. The third kappa shape index (κ3) is 2.43. The minimum Gasteiger partial charge on any atom is -0.377 e. The maximum Gasteiger partial charge on any atom is 0.275 e. The number of aryl methyl sites for hydroxylation is 1. The minimum atomic E-state index is -0.110. The lowest BCUT2D eigenvalue weighted by molar-refractivity contribution is 0.968. The number of nitrogens with zero attached hydrogens (tertiary/aromatic N) is 4. The number of pyridine rings is 1. The van der Waals surface area contributed by atoms with E-state index in [0.717, 1.165) is 21.5 Å². The van der Waals surface area contributed by atoms with E-state index in [9.17, 15) is 4.79 Å². The molecule has 0 N–H and O–H groups in total. The molecule has 122 valence electrons. The van der Waals surface area contributed by atoms with Crippen LogP contribution in [0.3, 0.4) is 0 Å². The van der Waals surface area contributed by atoms with Crippen molar-refractivity contribution < 1.29 is 0 Å². The summed E-state index contributed by atoms with van der Waals surface area (Å²) in [7, 11) is 9.92. The number of rotatable bonds is 2. The Morgan fingerprint density at radius 1 is 1.20 bits per heavy atom. The molecular formula is C18H15BN4OS. The number of anilines is 1. The predicted octanol–water partition coefficient (Wildman–Crippen LogP) is 2.16. The van der Waals surface area contributed by atoms with Crippen molar-refractivity contribution in [3.8, 4) is 5.69 Å². The van der Waals surface area contributed by atoms with Crippen LogP contribution in [0.25, 0.3) is 26.1 Å². The Kier molecular flexibility index (Phi) is 3.61. The molecule has 0 amide bonds. The smallest absolute Gasteiger partial charge is 0.275 e. The fourth-order valence-corrected chi connectivity index (χ4v) is 3.92. The first-order chi connectivity index (χ1) is 12.0. The van der Waals surface area contributed by atoms with Gasteiger partial charge in [0.25, 0.3) is 5.56 Å². The van der Waals surface area contributed by atoms with Gasteiger partial charge in [-0.3, -0.25) is 9.36 Å². The molecule has 5 nitrogen and oxygen atoms in total. The van der Waals surface area contributed by atoms with Crippen molar-refractivity contribution in [1.29, 1.82) is 0 Å². The molecule has 0 aliphatic rings. The monoisotopic (exact) mass is 346 g/mol. The highest BCUT2D eigenvalue weighted by Crippen LogP contribution is 2.35. The van der Waals surface area contributed by atoms with Crippen molar-refractivity contribution in [1.82, 2.24) is 14.5 Å². The van der Waals surface area contributed by atoms with Crippen molar-refractivity contribution in [2.75, 3.05) is 19.0 Å². The van der Waals surface area contributed by atoms with E-state index in [1.807, 2.05) is 44.1 Å². The summed E-state index contributed by atoms with van der Waals surface area (Å²) in [6.07, 6.45) is 3.32. The SMILES string of the molecule is [B]c1cc(-n2cnc3c(sc4nccc(N(C)C)c43)c2=O)ccc1C. The van der Waals surface area contributed by atoms with Gasteiger partial charge in [0.1, 0.15) is 23.7 Å². The Balaban J connectivity index is 2.03. The maximum absolute atomic E-state index is 13.0. The molecule has 2 radical (unpaired) electrons. The van der Waals surface area contributed by atoms with E-state index in [4.69, 9.17) is 7.85 Å². The lowest BCUT2D eigenvalue weighted by atomic mass is 9.91. The lowest BCUT2D eigenvalue weighted by Gasteiger charge is -2.13. The predicted molar refractivity (Wildman–Crippen MR) is 105 cm³/mol. The van der Waals surface area contributed by atoms with Gasteiger partial charge < -0.3 is 4.90 Å². The van der Waals surface area contributed by atoms with Gasteiger partial charge in [-0.05, 0) is 25.1 Å². The van der Waals surface area contributed by atoms with Crippen molar-refractivity contribution in [3.63, 3.8) is 0 Å². The zero-order valence-corrected chi connectivity index (χ0v) is 15.0. The number of hydrogen-bond donors (Lipinski definition) is 0. The second kappa shape index (κ2) is 5.70. The van der Waals surface area contributed by atoms with Crippen molar-refractivity contribution in [2.24, 2.45) is 0 Å². The largest absolute Gasteiger partial charge is 0.377 e. The Morgan fingerprint density at radius 2 is 2.00 bits per heavy atom. The number of fused-ring (bicyclic) bond motifs is 3. The fraction of sp³-hybridized carbons (Fsp3) is 0.167. The van der Waals surface area contributed by atoms with Crippen LogP contribution in [0.1, 0.15) is 5.56 Å². The molecule has 0 aliphatic carbocycles. The standard InChI is InChI=1S/C18H15BN4OS/c1-10-4-5-11(8-12(10)19)23-9-21-15-14-13(22(2)3)6-7-20-17(14)25-16(15)18(23)24/h4-9H,1-3H3. The zero-order chi connectivity index (χ0) is 17.7. The van der Waals surface area contributed by atoms with Gasteiger partial charge >= 0.3 is 0 Å². The quantitative estimate of drug-likeness (QED) is 0.522. The normalized spacial score (nSPS) is 11.3. The van der Waals surface area contributed by atoms with Gasteiger partial charge in [-0.1, -0.05) is 17.1 Å². The van der Waals surface area contributed by atoms with E-state index in [0.29, 0.717) is 21.4 Å². The van der Waals surface area contributed by atoms with Crippen LogP contribution in [0.4, 0.5) is 5.69 Å². The van der Waals surface area contributed by atoms with Crippen LogP contribution in [0.2, 0.25) is 0 Å².